The molecule has 0 atom stereocenters. The average Bonchev–Trinajstić information content (AvgIpc) is 2.58. The van der Waals surface area contributed by atoms with Crippen LogP contribution in [-0.2, 0) is 6.54 Å². The van der Waals surface area contributed by atoms with E-state index in [1.165, 1.54) is 0 Å². The van der Waals surface area contributed by atoms with Crippen LogP contribution in [0.25, 0.3) is 22.3 Å². The van der Waals surface area contributed by atoms with Crippen molar-refractivity contribution in [3.63, 3.8) is 0 Å². The van der Waals surface area contributed by atoms with Gasteiger partial charge in [0.05, 0.1) is 15.9 Å². The van der Waals surface area contributed by atoms with E-state index in [-0.39, 0.29) is 5.56 Å². The second-order valence-corrected chi connectivity index (χ2v) is 6.74. The van der Waals surface area contributed by atoms with Gasteiger partial charge in [-0.05, 0) is 25.6 Å². The summed E-state index contributed by atoms with van der Waals surface area (Å²) in [5.41, 5.74) is 2.37. The lowest BCUT2D eigenvalue weighted by Crippen LogP contribution is -2.29. The Morgan fingerprint density at radius 1 is 1.16 bits per heavy atom. The maximum absolute atomic E-state index is 13.1. The Kier molecular flexibility index (Phi) is 5.42. The maximum Gasteiger partial charge on any atom is 0.261 e. The van der Waals surface area contributed by atoms with Gasteiger partial charge in [0, 0.05) is 23.7 Å². The molecule has 3 rings (SSSR count). The second kappa shape index (κ2) is 7.56. The number of benzene rings is 2. The fourth-order valence-electron chi connectivity index (χ4n) is 2.75. The SMILES string of the molecule is CCNCCn1c(-c2ccc(C)cc2)nc2c(Cl)cc(Cl)cc2c1=O. The fraction of sp³-hybridized carbons (Fsp3) is 0.263. The van der Waals surface area contributed by atoms with Crippen molar-refractivity contribution in [2.45, 2.75) is 20.4 Å². The number of rotatable bonds is 5. The lowest BCUT2D eigenvalue weighted by Gasteiger charge is -2.15. The highest BCUT2D eigenvalue weighted by atomic mass is 35.5. The highest BCUT2D eigenvalue weighted by Gasteiger charge is 2.15. The first-order valence-electron chi connectivity index (χ1n) is 8.18. The molecule has 1 heterocycles. The van der Waals surface area contributed by atoms with Gasteiger partial charge < -0.3 is 5.32 Å². The minimum absolute atomic E-state index is 0.136. The first kappa shape index (κ1) is 17.9. The summed E-state index contributed by atoms with van der Waals surface area (Å²) in [6.07, 6.45) is 0. The third-order valence-electron chi connectivity index (χ3n) is 4.05. The largest absolute Gasteiger partial charge is 0.315 e. The summed E-state index contributed by atoms with van der Waals surface area (Å²) in [7, 11) is 0. The van der Waals surface area contributed by atoms with Crippen LogP contribution in [-0.4, -0.2) is 22.6 Å². The minimum atomic E-state index is -0.136. The molecule has 4 nitrogen and oxygen atoms in total. The van der Waals surface area contributed by atoms with E-state index in [0.29, 0.717) is 39.9 Å². The Balaban J connectivity index is 2.26. The predicted octanol–water partition coefficient (Wildman–Crippen LogP) is 4.29. The molecule has 0 saturated carbocycles. The van der Waals surface area contributed by atoms with Crippen molar-refractivity contribution in [2.75, 3.05) is 13.1 Å². The van der Waals surface area contributed by atoms with Crippen molar-refractivity contribution >= 4 is 34.1 Å². The van der Waals surface area contributed by atoms with Gasteiger partial charge in [-0.25, -0.2) is 4.98 Å². The Morgan fingerprint density at radius 2 is 1.88 bits per heavy atom. The third-order valence-corrected chi connectivity index (χ3v) is 4.56. The predicted molar refractivity (Wildman–Crippen MR) is 105 cm³/mol. The number of nitrogens with zero attached hydrogens (tertiary/aromatic N) is 2. The van der Waals surface area contributed by atoms with Crippen molar-refractivity contribution in [1.29, 1.82) is 0 Å². The van der Waals surface area contributed by atoms with Crippen LogP contribution >= 0.6 is 23.2 Å². The number of halogens is 2. The summed E-state index contributed by atoms with van der Waals surface area (Å²) >= 11 is 12.4. The van der Waals surface area contributed by atoms with Gasteiger partial charge >= 0.3 is 0 Å². The molecule has 0 amide bonds. The highest BCUT2D eigenvalue weighted by molar-refractivity contribution is 6.38. The van der Waals surface area contributed by atoms with Crippen molar-refractivity contribution in [2.24, 2.45) is 0 Å². The molecule has 0 radical (unpaired) electrons. The van der Waals surface area contributed by atoms with E-state index in [1.807, 2.05) is 38.1 Å². The first-order valence-corrected chi connectivity index (χ1v) is 8.94. The molecule has 25 heavy (non-hydrogen) atoms. The lowest BCUT2D eigenvalue weighted by molar-refractivity contribution is 0.601. The van der Waals surface area contributed by atoms with E-state index in [0.717, 1.165) is 17.7 Å². The standard InChI is InChI=1S/C19H19Cl2N3O/c1-3-22-8-9-24-18(13-6-4-12(2)5-7-13)23-17-15(19(24)25)10-14(20)11-16(17)21/h4-7,10-11,22H,3,8-9H2,1-2H3. The van der Waals surface area contributed by atoms with Crippen molar-refractivity contribution < 1.29 is 0 Å². The smallest absolute Gasteiger partial charge is 0.261 e. The normalized spacial score (nSPS) is 11.2. The number of hydrogen-bond donors (Lipinski definition) is 1. The highest BCUT2D eigenvalue weighted by Crippen LogP contribution is 2.27. The lowest BCUT2D eigenvalue weighted by atomic mass is 10.1. The molecular weight excluding hydrogens is 357 g/mol. The fourth-order valence-corrected chi connectivity index (χ4v) is 3.28. The quantitative estimate of drug-likeness (QED) is 0.676. The van der Waals surface area contributed by atoms with Crippen LogP contribution in [0, 0.1) is 6.92 Å². The molecule has 0 aliphatic heterocycles. The molecule has 1 N–H and O–H groups in total. The Morgan fingerprint density at radius 3 is 2.56 bits per heavy atom. The molecule has 3 aromatic rings. The Hall–Kier alpha value is -1.88. The zero-order valence-electron chi connectivity index (χ0n) is 14.1. The first-order chi connectivity index (χ1) is 12.0. The van der Waals surface area contributed by atoms with Gasteiger partial charge in [-0.2, -0.15) is 0 Å². The Bertz CT molecular complexity index is 965. The zero-order chi connectivity index (χ0) is 18.0. The number of aryl methyl sites for hydroxylation is 1. The van der Waals surface area contributed by atoms with Gasteiger partial charge in [-0.1, -0.05) is 60.0 Å². The second-order valence-electron chi connectivity index (χ2n) is 5.90. The molecule has 6 heteroatoms. The summed E-state index contributed by atoms with van der Waals surface area (Å²) in [5, 5.41) is 4.49. The van der Waals surface area contributed by atoms with E-state index < -0.39 is 0 Å². The molecule has 0 bridgehead atoms. The van der Waals surface area contributed by atoms with E-state index >= 15 is 0 Å². The summed E-state index contributed by atoms with van der Waals surface area (Å²) in [4.78, 5) is 17.8. The van der Waals surface area contributed by atoms with E-state index in [1.54, 1.807) is 16.7 Å². The molecule has 2 aromatic carbocycles. The molecule has 0 unspecified atom stereocenters. The molecule has 0 fully saturated rings. The van der Waals surface area contributed by atoms with Gasteiger partial charge in [0.25, 0.3) is 5.56 Å². The van der Waals surface area contributed by atoms with E-state index in [2.05, 4.69) is 5.32 Å². The summed E-state index contributed by atoms with van der Waals surface area (Å²) < 4.78 is 1.68. The maximum atomic E-state index is 13.1. The number of nitrogens with one attached hydrogen (secondary N) is 1. The zero-order valence-corrected chi connectivity index (χ0v) is 15.7. The molecule has 0 aliphatic carbocycles. The van der Waals surface area contributed by atoms with E-state index in [4.69, 9.17) is 28.2 Å². The van der Waals surface area contributed by atoms with Crippen molar-refractivity contribution in [3.05, 3.63) is 62.4 Å². The summed E-state index contributed by atoms with van der Waals surface area (Å²) in [6.45, 7) is 6.09. The Labute approximate surface area is 156 Å². The van der Waals surface area contributed by atoms with Crippen molar-refractivity contribution in [3.8, 4) is 11.4 Å². The summed E-state index contributed by atoms with van der Waals surface area (Å²) in [5.74, 6) is 0.611. The van der Waals surface area contributed by atoms with Gasteiger partial charge in [-0.3, -0.25) is 9.36 Å². The van der Waals surface area contributed by atoms with Gasteiger partial charge in [0.15, 0.2) is 0 Å². The van der Waals surface area contributed by atoms with Crippen LogP contribution in [0.4, 0.5) is 0 Å². The topological polar surface area (TPSA) is 46.9 Å². The average molecular weight is 376 g/mol. The minimum Gasteiger partial charge on any atom is -0.315 e. The van der Waals surface area contributed by atoms with E-state index in [9.17, 15) is 4.79 Å². The van der Waals surface area contributed by atoms with Gasteiger partial charge in [0.2, 0.25) is 0 Å². The van der Waals surface area contributed by atoms with Crippen LogP contribution in [0.15, 0.2) is 41.2 Å². The monoisotopic (exact) mass is 375 g/mol. The van der Waals surface area contributed by atoms with Crippen LogP contribution < -0.4 is 10.9 Å². The van der Waals surface area contributed by atoms with Crippen LogP contribution in [0.1, 0.15) is 12.5 Å². The molecule has 0 saturated heterocycles. The molecular formula is C19H19Cl2N3O. The van der Waals surface area contributed by atoms with Crippen LogP contribution in [0.5, 0.6) is 0 Å². The van der Waals surface area contributed by atoms with Gasteiger partial charge in [0.1, 0.15) is 5.82 Å². The number of fused-ring (bicyclic) bond motifs is 1. The number of aromatic nitrogens is 2. The molecule has 0 spiro atoms. The van der Waals surface area contributed by atoms with Crippen LogP contribution in [0.2, 0.25) is 10.0 Å². The number of hydrogen-bond acceptors (Lipinski definition) is 3. The molecule has 1 aromatic heterocycles. The van der Waals surface area contributed by atoms with Gasteiger partial charge in [-0.15, -0.1) is 0 Å². The number of likely N-dealkylation sites (N-methyl/N-ethyl adjacent to an activating group) is 1. The summed E-state index contributed by atoms with van der Waals surface area (Å²) in [6, 6.07) is 11.2. The van der Waals surface area contributed by atoms with Crippen LogP contribution in [0.3, 0.4) is 0 Å². The van der Waals surface area contributed by atoms with Crippen molar-refractivity contribution in [1.82, 2.24) is 14.9 Å². The molecule has 130 valence electrons. The molecule has 0 aliphatic rings. The third kappa shape index (κ3) is 3.71.